The molecule has 0 aliphatic rings. The standard InChI is InChI=1S/C25H33N3O3/c1-18(2)27(6)24-21(23(26-31-24)19-11-8-7-9-12-19)17-28(16-20-13-10-14-30-20)22(29)15-25(3,4)5/h7-14,18H,15-17H2,1-6H3. The third kappa shape index (κ3) is 5.78. The van der Waals surface area contributed by atoms with Crippen LogP contribution in [0.25, 0.3) is 11.3 Å². The minimum absolute atomic E-state index is 0.0715. The van der Waals surface area contributed by atoms with Gasteiger partial charge in [-0.2, -0.15) is 0 Å². The monoisotopic (exact) mass is 423 g/mol. The second-order valence-electron chi connectivity index (χ2n) is 9.45. The highest BCUT2D eigenvalue weighted by molar-refractivity contribution is 5.78. The molecule has 0 saturated carbocycles. The maximum atomic E-state index is 13.3. The zero-order valence-corrected chi connectivity index (χ0v) is 19.4. The van der Waals surface area contributed by atoms with Gasteiger partial charge in [-0.1, -0.05) is 56.3 Å². The fraction of sp³-hybridized carbons (Fsp3) is 0.440. The SMILES string of the molecule is CC(C)N(C)c1onc(-c2ccccc2)c1CN(Cc1ccco1)C(=O)CC(C)(C)C. The van der Waals surface area contributed by atoms with Gasteiger partial charge >= 0.3 is 0 Å². The van der Waals surface area contributed by atoms with E-state index in [-0.39, 0.29) is 17.4 Å². The Balaban J connectivity index is 2.02. The summed E-state index contributed by atoms with van der Waals surface area (Å²) in [7, 11) is 1.98. The smallest absolute Gasteiger partial charge is 0.232 e. The third-order valence-electron chi connectivity index (χ3n) is 5.22. The number of aromatic nitrogens is 1. The zero-order valence-electron chi connectivity index (χ0n) is 19.4. The first-order chi connectivity index (χ1) is 14.7. The molecule has 3 rings (SSSR count). The molecule has 2 aromatic heterocycles. The van der Waals surface area contributed by atoms with E-state index in [1.54, 1.807) is 6.26 Å². The lowest BCUT2D eigenvalue weighted by molar-refractivity contribution is -0.134. The molecule has 166 valence electrons. The van der Waals surface area contributed by atoms with Crippen molar-refractivity contribution in [2.45, 2.75) is 60.2 Å². The van der Waals surface area contributed by atoms with E-state index in [0.717, 1.165) is 22.6 Å². The summed E-state index contributed by atoms with van der Waals surface area (Å²) in [6.45, 7) is 11.2. The fourth-order valence-corrected chi connectivity index (χ4v) is 3.36. The molecule has 0 saturated heterocycles. The molecule has 0 radical (unpaired) electrons. The van der Waals surface area contributed by atoms with E-state index in [1.807, 2.05) is 59.3 Å². The van der Waals surface area contributed by atoms with Gasteiger partial charge in [0.2, 0.25) is 11.8 Å². The van der Waals surface area contributed by atoms with Gasteiger partial charge in [-0.3, -0.25) is 4.79 Å². The first kappa shape index (κ1) is 22.7. The lowest BCUT2D eigenvalue weighted by atomic mass is 9.91. The van der Waals surface area contributed by atoms with Crippen LogP contribution in [0, 0.1) is 5.41 Å². The molecule has 0 atom stereocenters. The van der Waals surface area contributed by atoms with Crippen LogP contribution in [0.5, 0.6) is 0 Å². The Bertz CT molecular complexity index is 969. The highest BCUT2D eigenvalue weighted by Crippen LogP contribution is 2.34. The molecule has 0 aliphatic heterocycles. The second-order valence-corrected chi connectivity index (χ2v) is 9.45. The minimum atomic E-state index is -0.118. The van der Waals surface area contributed by atoms with Crippen LogP contribution in [0.2, 0.25) is 0 Å². The lowest BCUT2D eigenvalue weighted by Crippen LogP contribution is -2.34. The van der Waals surface area contributed by atoms with Crippen LogP contribution in [0.4, 0.5) is 5.88 Å². The second kappa shape index (κ2) is 9.41. The Morgan fingerprint density at radius 2 is 1.77 bits per heavy atom. The predicted octanol–water partition coefficient (Wildman–Crippen LogP) is 5.74. The Labute approximate surface area is 184 Å². The Hall–Kier alpha value is -3.02. The van der Waals surface area contributed by atoms with Crippen molar-refractivity contribution >= 4 is 11.8 Å². The van der Waals surface area contributed by atoms with Gasteiger partial charge in [-0.05, 0) is 31.4 Å². The number of nitrogens with zero attached hydrogens (tertiary/aromatic N) is 3. The van der Waals surface area contributed by atoms with E-state index in [1.165, 1.54) is 0 Å². The fourth-order valence-electron chi connectivity index (χ4n) is 3.36. The number of benzene rings is 1. The van der Waals surface area contributed by atoms with Gasteiger partial charge in [0.05, 0.1) is 24.9 Å². The quantitative estimate of drug-likeness (QED) is 0.462. The van der Waals surface area contributed by atoms with Crippen LogP contribution in [-0.2, 0) is 17.9 Å². The maximum Gasteiger partial charge on any atom is 0.232 e. The summed E-state index contributed by atoms with van der Waals surface area (Å²) < 4.78 is 11.4. The molecule has 0 fully saturated rings. The van der Waals surface area contributed by atoms with Crippen LogP contribution in [0.3, 0.4) is 0 Å². The van der Waals surface area contributed by atoms with Gasteiger partial charge in [0.1, 0.15) is 11.5 Å². The summed E-state index contributed by atoms with van der Waals surface area (Å²) >= 11 is 0. The van der Waals surface area contributed by atoms with Crippen molar-refractivity contribution in [3.8, 4) is 11.3 Å². The molecular weight excluding hydrogens is 390 g/mol. The number of amides is 1. The molecule has 0 bridgehead atoms. The first-order valence-electron chi connectivity index (χ1n) is 10.7. The van der Waals surface area contributed by atoms with Crippen molar-refractivity contribution in [3.63, 3.8) is 0 Å². The van der Waals surface area contributed by atoms with Crippen molar-refractivity contribution in [2.75, 3.05) is 11.9 Å². The summed E-state index contributed by atoms with van der Waals surface area (Å²) in [5.74, 6) is 1.50. The number of rotatable bonds is 8. The Morgan fingerprint density at radius 3 is 2.35 bits per heavy atom. The number of carbonyl (C=O) groups is 1. The van der Waals surface area contributed by atoms with E-state index in [0.29, 0.717) is 25.4 Å². The minimum Gasteiger partial charge on any atom is -0.467 e. The molecule has 1 amide bonds. The molecule has 6 nitrogen and oxygen atoms in total. The maximum absolute atomic E-state index is 13.3. The number of anilines is 1. The van der Waals surface area contributed by atoms with Crippen molar-refractivity contribution in [1.82, 2.24) is 10.1 Å². The molecule has 31 heavy (non-hydrogen) atoms. The van der Waals surface area contributed by atoms with Gasteiger partial charge in [-0.15, -0.1) is 0 Å². The zero-order chi connectivity index (χ0) is 22.6. The number of hydrogen-bond donors (Lipinski definition) is 0. The Morgan fingerprint density at radius 1 is 1.06 bits per heavy atom. The molecular formula is C25H33N3O3. The molecule has 1 aromatic carbocycles. The van der Waals surface area contributed by atoms with E-state index in [9.17, 15) is 4.79 Å². The van der Waals surface area contributed by atoms with E-state index in [2.05, 4.69) is 39.8 Å². The number of hydrogen-bond acceptors (Lipinski definition) is 5. The highest BCUT2D eigenvalue weighted by atomic mass is 16.5. The van der Waals surface area contributed by atoms with E-state index < -0.39 is 0 Å². The largest absolute Gasteiger partial charge is 0.467 e. The molecule has 0 aliphatic carbocycles. The first-order valence-corrected chi connectivity index (χ1v) is 10.7. The van der Waals surface area contributed by atoms with E-state index >= 15 is 0 Å². The van der Waals surface area contributed by atoms with E-state index in [4.69, 9.17) is 8.94 Å². The van der Waals surface area contributed by atoms with Crippen molar-refractivity contribution < 1.29 is 13.7 Å². The molecule has 0 N–H and O–H groups in total. The van der Waals surface area contributed by atoms with Crippen molar-refractivity contribution in [3.05, 3.63) is 60.1 Å². The highest BCUT2D eigenvalue weighted by Gasteiger charge is 2.28. The summed E-state index contributed by atoms with van der Waals surface area (Å²) in [5, 5.41) is 4.40. The molecule has 0 unspecified atom stereocenters. The average molecular weight is 424 g/mol. The van der Waals surface area contributed by atoms with Gasteiger partial charge < -0.3 is 18.7 Å². The average Bonchev–Trinajstić information content (AvgIpc) is 3.36. The van der Waals surface area contributed by atoms with Crippen LogP contribution in [0.1, 0.15) is 52.4 Å². The van der Waals surface area contributed by atoms with Crippen LogP contribution >= 0.6 is 0 Å². The Kier molecular flexibility index (Phi) is 6.88. The summed E-state index contributed by atoms with van der Waals surface area (Å²) in [6, 6.07) is 13.9. The third-order valence-corrected chi connectivity index (χ3v) is 5.22. The predicted molar refractivity (Wildman–Crippen MR) is 123 cm³/mol. The lowest BCUT2D eigenvalue weighted by Gasteiger charge is -2.28. The molecule has 0 spiro atoms. The van der Waals surface area contributed by atoms with Gasteiger partial charge in [0.25, 0.3) is 0 Å². The van der Waals surface area contributed by atoms with Gasteiger partial charge in [-0.25, -0.2) is 0 Å². The normalized spacial score (nSPS) is 11.7. The number of carbonyl (C=O) groups excluding carboxylic acids is 1. The van der Waals surface area contributed by atoms with Crippen LogP contribution in [0.15, 0.2) is 57.7 Å². The topological polar surface area (TPSA) is 62.7 Å². The molecule has 2 heterocycles. The van der Waals surface area contributed by atoms with Crippen molar-refractivity contribution in [1.29, 1.82) is 0 Å². The van der Waals surface area contributed by atoms with Crippen LogP contribution < -0.4 is 4.90 Å². The molecule has 6 heteroatoms. The van der Waals surface area contributed by atoms with Crippen molar-refractivity contribution in [2.24, 2.45) is 5.41 Å². The summed E-state index contributed by atoms with van der Waals surface area (Å²) in [6.07, 6.45) is 2.07. The van der Waals surface area contributed by atoms with Crippen LogP contribution in [-0.4, -0.2) is 29.1 Å². The van der Waals surface area contributed by atoms with Gasteiger partial charge in [0, 0.05) is 25.1 Å². The van der Waals surface area contributed by atoms with Gasteiger partial charge in [0.15, 0.2) is 0 Å². The number of furan rings is 1. The molecule has 3 aromatic rings. The summed E-state index contributed by atoms with van der Waals surface area (Å²) in [4.78, 5) is 17.2. The summed E-state index contributed by atoms with van der Waals surface area (Å²) in [5.41, 5.74) is 2.51.